The summed E-state index contributed by atoms with van der Waals surface area (Å²) in [5.74, 6) is -1.34. The van der Waals surface area contributed by atoms with Crippen molar-refractivity contribution in [2.75, 3.05) is 13.2 Å². The van der Waals surface area contributed by atoms with Gasteiger partial charge >= 0.3 is 5.97 Å². The van der Waals surface area contributed by atoms with E-state index in [0.29, 0.717) is 6.61 Å². The molecule has 1 aliphatic heterocycles. The third kappa shape index (κ3) is 4.40. The summed E-state index contributed by atoms with van der Waals surface area (Å²) in [5, 5.41) is 0. The maximum Gasteiger partial charge on any atom is 0.313 e. The van der Waals surface area contributed by atoms with Crippen LogP contribution in [0.25, 0.3) is 0 Å². The third-order valence-electron chi connectivity index (χ3n) is 1.89. The Bertz CT molecular complexity index is 259. The molecule has 0 radical (unpaired) electrons. The quantitative estimate of drug-likeness (QED) is 0.510. The van der Waals surface area contributed by atoms with Gasteiger partial charge in [-0.3, -0.25) is 9.59 Å². The number of Topliss-reactive ketones (excluding diaryl/α,β-unsaturated/α-hetero) is 1. The van der Waals surface area contributed by atoms with Crippen LogP contribution in [0.15, 0.2) is 0 Å². The van der Waals surface area contributed by atoms with Crippen molar-refractivity contribution in [2.45, 2.75) is 39.1 Å². The number of rotatable bonds is 4. The van der Waals surface area contributed by atoms with Gasteiger partial charge in [0.1, 0.15) is 24.9 Å². The smallest absolute Gasteiger partial charge is 0.313 e. The summed E-state index contributed by atoms with van der Waals surface area (Å²) in [4.78, 5) is 21.6. The van der Waals surface area contributed by atoms with Crippen LogP contribution < -0.4 is 0 Å². The molecule has 1 rings (SSSR count). The zero-order valence-electron chi connectivity index (χ0n) is 9.24. The van der Waals surface area contributed by atoms with E-state index < -0.39 is 11.8 Å². The zero-order chi connectivity index (χ0) is 11.5. The molecule has 0 aromatic rings. The molecule has 0 saturated carbocycles. The normalized spacial score (nSPS) is 23.8. The van der Waals surface area contributed by atoms with Crippen LogP contribution in [0.4, 0.5) is 0 Å². The zero-order valence-corrected chi connectivity index (χ0v) is 9.24. The number of esters is 1. The molecule has 1 unspecified atom stereocenters. The second kappa shape index (κ2) is 4.72. The number of carbonyl (C=O) groups excluding carboxylic acids is 2. The number of hydrogen-bond acceptors (Lipinski definition) is 5. The second-order valence-electron chi connectivity index (χ2n) is 4.01. The van der Waals surface area contributed by atoms with Crippen LogP contribution in [0.2, 0.25) is 0 Å². The highest BCUT2D eigenvalue weighted by atomic mass is 16.7. The Balaban J connectivity index is 2.21. The first-order valence-electron chi connectivity index (χ1n) is 4.86. The standard InChI is InChI=1S/C10H16O5/c1-7(11)4-9(12)13-5-8-6-14-10(2,3)15-8/h8H,4-6H2,1-3H3. The first kappa shape index (κ1) is 12.1. The van der Waals surface area contributed by atoms with Gasteiger partial charge < -0.3 is 14.2 Å². The molecule has 0 amide bonds. The molecular weight excluding hydrogens is 200 g/mol. The van der Waals surface area contributed by atoms with Gasteiger partial charge in [0.25, 0.3) is 0 Å². The van der Waals surface area contributed by atoms with Crippen molar-refractivity contribution in [3.63, 3.8) is 0 Å². The summed E-state index contributed by atoms with van der Waals surface area (Å²) in [6.45, 7) is 5.48. The average molecular weight is 216 g/mol. The average Bonchev–Trinajstić information content (AvgIpc) is 2.41. The van der Waals surface area contributed by atoms with Crippen LogP contribution in [0.1, 0.15) is 27.2 Å². The predicted molar refractivity (Wildman–Crippen MR) is 51.2 cm³/mol. The van der Waals surface area contributed by atoms with Crippen LogP contribution in [-0.4, -0.2) is 36.9 Å². The van der Waals surface area contributed by atoms with Gasteiger partial charge in [-0.1, -0.05) is 0 Å². The lowest BCUT2D eigenvalue weighted by molar-refractivity contribution is -0.159. The summed E-state index contributed by atoms with van der Waals surface area (Å²) in [6, 6.07) is 0. The molecule has 0 bridgehead atoms. The Kier molecular flexibility index (Phi) is 3.82. The molecule has 5 nitrogen and oxygen atoms in total. The van der Waals surface area contributed by atoms with E-state index >= 15 is 0 Å². The maximum atomic E-state index is 11.0. The van der Waals surface area contributed by atoms with Crippen molar-refractivity contribution >= 4 is 11.8 Å². The highest BCUT2D eigenvalue weighted by Gasteiger charge is 2.33. The van der Waals surface area contributed by atoms with E-state index in [4.69, 9.17) is 14.2 Å². The van der Waals surface area contributed by atoms with Gasteiger partial charge in [-0.15, -0.1) is 0 Å². The van der Waals surface area contributed by atoms with Crippen LogP contribution in [0.3, 0.4) is 0 Å². The second-order valence-corrected chi connectivity index (χ2v) is 4.01. The third-order valence-corrected chi connectivity index (χ3v) is 1.89. The van der Waals surface area contributed by atoms with Crippen LogP contribution >= 0.6 is 0 Å². The van der Waals surface area contributed by atoms with Crippen molar-refractivity contribution in [1.82, 2.24) is 0 Å². The van der Waals surface area contributed by atoms with Gasteiger partial charge in [-0.25, -0.2) is 0 Å². The number of carbonyl (C=O) groups is 2. The number of ketones is 1. The Morgan fingerprint density at radius 3 is 2.60 bits per heavy atom. The Morgan fingerprint density at radius 2 is 2.13 bits per heavy atom. The van der Waals surface area contributed by atoms with E-state index in [2.05, 4.69) is 0 Å². The minimum atomic E-state index is -0.613. The number of ether oxygens (including phenoxy) is 3. The largest absolute Gasteiger partial charge is 0.462 e. The fourth-order valence-corrected chi connectivity index (χ4v) is 1.29. The van der Waals surface area contributed by atoms with Crippen molar-refractivity contribution in [2.24, 2.45) is 0 Å². The summed E-state index contributed by atoms with van der Waals surface area (Å²) < 4.78 is 15.6. The molecule has 86 valence electrons. The lowest BCUT2D eigenvalue weighted by atomic mass is 10.3. The van der Waals surface area contributed by atoms with Gasteiger partial charge in [0.15, 0.2) is 5.79 Å². The van der Waals surface area contributed by atoms with Gasteiger partial charge in [0.2, 0.25) is 0 Å². The van der Waals surface area contributed by atoms with E-state index in [1.807, 2.05) is 0 Å². The highest BCUT2D eigenvalue weighted by Crippen LogP contribution is 2.22. The Hall–Kier alpha value is -0.940. The van der Waals surface area contributed by atoms with Gasteiger partial charge in [-0.05, 0) is 20.8 Å². The van der Waals surface area contributed by atoms with Crippen LogP contribution in [-0.2, 0) is 23.8 Å². The lowest BCUT2D eigenvalue weighted by Crippen LogP contribution is -2.25. The molecule has 0 N–H and O–H groups in total. The van der Waals surface area contributed by atoms with Crippen molar-refractivity contribution in [1.29, 1.82) is 0 Å². The van der Waals surface area contributed by atoms with Crippen molar-refractivity contribution in [3.8, 4) is 0 Å². The Labute approximate surface area is 88.7 Å². The topological polar surface area (TPSA) is 61.8 Å². The van der Waals surface area contributed by atoms with Gasteiger partial charge in [0.05, 0.1) is 6.61 Å². The SMILES string of the molecule is CC(=O)CC(=O)OCC1COC(C)(C)O1. The summed E-state index contributed by atoms with van der Waals surface area (Å²) >= 11 is 0. The van der Waals surface area contributed by atoms with Crippen LogP contribution in [0.5, 0.6) is 0 Å². The molecule has 0 spiro atoms. The van der Waals surface area contributed by atoms with E-state index in [9.17, 15) is 9.59 Å². The van der Waals surface area contributed by atoms with E-state index in [1.165, 1.54) is 6.92 Å². The summed E-state index contributed by atoms with van der Waals surface area (Å²) in [7, 11) is 0. The predicted octanol–water partition coefficient (Wildman–Crippen LogP) is 0.660. The van der Waals surface area contributed by atoms with E-state index in [-0.39, 0.29) is 24.9 Å². The van der Waals surface area contributed by atoms with Gasteiger partial charge in [-0.2, -0.15) is 0 Å². The van der Waals surface area contributed by atoms with Gasteiger partial charge in [0, 0.05) is 0 Å². The van der Waals surface area contributed by atoms with Crippen LogP contribution in [0, 0.1) is 0 Å². The molecule has 0 aromatic heterocycles. The fraction of sp³-hybridized carbons (Fsp3) is 0.800. The van der Waals surface area contributed by atoms with Crippen molar-refractivity contribution < 1.29 is 23.8 Å². The molecule has 0 aromatic carbocycles. The monoisotopic (exact) mass is 216 g/mol. The molecule has 1 atom stereocenters. The molecule has 15 heavy (non-hydrogen) atoms. The van der Waals surface area contributed by atoms with E-state index in [0.717, 1.165) is 0 Å². The van der Waals surface area contributed by atoms with E-state index in [1.54, 1.807) is 13.8 Å². The first-order valence-corrected chi connectivity index (χ1v) is 4.86. The summed E-state index contributed by atoms with van der Waals surface area (Å²) in [6.07, 6.45) is -0.423. The molecular formula is C10H16O5. The minimum absolute atomic E-state index is 0.134. The molecule has 5 heteroatoms. The molecule has 1 fully saturated rings. The molecule has 1 heterocycles. The number of hydrogen-bond donors (Lipinski definition) is 0. The minimum Gasteiger partial charge on any atom is -0.462 e. The molecule has 0 aliphatic carbocycles. The fourth-order valence-electron chi connectivity index (χ4n) is 1.29. The first-order chi connectivity index (χ1) is 6.89. The van der Waals surface area contributed by atoms with Crippen molar-refractivity contribution in [3.05, 3.63) is 0 Å². The Morgan fingerprint density at radius 1 is 1.47 bits per heavy atom. The summed E-state index contributed by atoms with van der Waals surface area (Å²) in [5.41, 5.74) is 0. The highest BCUT2D eigenvalue weighted by molar-refractivity contribution is 5.94. The molecule has 1 saturated heterocycles. The molecule has 1 aliphatic rings. The lowest BCUT2D eigenvalue weighted by Gasteiger charge is -2.16. The maximum absolute atomic E-state index is 11.0.